The van der Waals surface area contributed by atoms with Crippen LogP contribution in [0.4, 0.5) is 11.4 Å². The maximum atomic E-state index is 12.4. The molecule has 0 aliphatic heterocycles. The van der Waals surface area contributed by atoms with Gasteiger partial charge in [-0.1, -0.05) is 37.7 Å². The number of nitrogens with zero attached hydrogens (tertiary/aromatic N) is 2. The Morgan fingerprint density at radius 2 is 1.97 bits per heavy atom. The number of aromatic nitrogens is 1. The van der Waals surface area contributed by atoms with Crippen molar-refractivity contribution in [1.82, 2.24) is 4.98 Å². The van der Waals surface area contributed by atoms with Crippen molar-refractivity contribution >= 4 is 56.8 Å². The largest absolute Gasteiger partial charge is 0.507 e. The number of hydrogen-bond acceptors (Lipinski definition) is 7. The third kappa shape index (κ3) is 5.95. The van der Waals surface area contributed by atoms with Crippen molar-refractivity contribution in [3.05, 3.63) is 71.8 Å². The van der Waals surface area contributed by atoms with E-state index in [0.717, 1.165) is 25.9 Å². The Morgan fingerprint density at radius 1 is 1.18 bits per heavy atom. The fourth-order valence-corrected chi connectivity index (χ4v) is 5.12. The van der Waals surface area contributed by atoms with Crippen LogP contribution in [0.3, 0.4) is 0 Å². The molecule has 0 spiro atoms. The summed E-state index contributed by atoms with van der Waals surface area (Å²) < 4.78 is 6.92. The third-order valence-electron chi connectivity index (χ3n) is 5.13. The van der Waals surface area contributed by atoms with E-state index in [9.17, 15) is 9.90 Å². The fraction of sp³-hybridized carbons (Fsp3) is 0.192. The van der Waals surface area contributed by atoms with Crippen molar-refractivity contribution in [2.24, 2.45) is 4.99 Å². The van der Waals surface area contributed by atoms with Crippen LogP contribution in [0.15, 0.2) is 70.0 Å². The zero-order valence-corrected chi connectivity index (χ0v) is 20.7. The van der Waals surface area contributed by atoms with Gasteiger partial charge in [0, 0.05) is 23.5 Å². The second kappa shape index (κ2) is 10.7. The van der Waals surface area contributed by atoms with Crippen molar-refractivity contribution in [2.75, 3.05) is 18.2 Å². The molecule has 0 aliphatic rings. The highest BCUT2D eigenvalue weighted by atomic mass is 32.2. The number of thioether (sulfide) groups is 1. The van der Waals surface area contributed by atoms with Crippen molar-refractivity contribution in [3.63, 3.8) is 0 Å². The van der Waals surface area contributed by atoms with Crippen LogP contribution in [0.1, 0.15) is 30.9 Å². The van der Waals surface area contributed by atoms with Gasteiger partial charge in [0.25, 0.3) is 0 Å². The van der Waals surface area contributed by atoms with Gasteiger partial charge in [-0.15, -0.1) is 11.3 Å². The fourth-order valence-electron chi connectivity index (χ4n) is 3.21. The number of ether oxygens (including phenoxy) is 1. The highest BCUT2D eigenvalue weighted by Gasteiger charge is 2.09. The number of rotatable bonds is 8. The quantitative estimate of drug-likeness (QED) is 0.214. The molecule has 4 rings (SSSR count). The first kappa shape index (κ1) is 23.8. The molecule has 4 aromatic rings. The minimum absolute atomic E-state index is 0.0638. The number of phenols is 1. The lowest BCUT2D eigenvalue weighted by Gasteiger charge is -2.08. The Morgan fingerprint density at radius 3 is 2.68 bits per heavy atom. The number of hydrogen-bond donors (Lipinski definition) is 2. The van der Waals surface area contributed by atoms with E-state index in [4.69, 9.17) is 4.74 Å². The molecule has 1 heterocycles. The third-order valence-corrected chi connectivity index (χ3v) is 7.29. The maximum Gasteiger partial charge on any atom is 0.234 e. The van der Waals surface area contributed by atoms with E-state index in [1.807, 2.05) is 42.5 Å². The van der Waals surface area contributed by atoms with Crippen molar-refractivity contribution < 1.29 is 14.6 Å². The Hall–Kier alpha value is -3.36. The van der Waals surface area contributed by atoms with Gasteiger partial charge in [-0.2, -0.15) is 0 Å². The smallest absolute Gasteiger partial charge is 0.234 e. The first-order valence-electron chi connectivity index (χ1n) is 10.8. The van der Waals surface area contributed by atoms with Crippen LogP contribution in [0, 0.1) is 0 Å². The summed E-state index contributed by atoms with van der Waals surface area (Å²) in [5.74, 6) is 1.37. The Labute approximate surface area is 206 Å². The van der Waals surface area contributed by atoms with Crippen LogP contribution in [0.5, 0.6) is 11.5 Å². The van der Waals surface area contributed by atoms with Gasteiger partial charge in [0.2, 0.25) is 5.91 Å². The van der Waals surface area contributed by atoms with E-state index in [2.05, 4.69) is 29.1 Å². The summed E-state index contributed by atoms with van der Waals surface area (Å²) in [6.45, 7) is 4.28. The molecule has 2 N–H and O–H groups in total. The van der Waals surface area contributed by atoms with E-state index < -0.39 is 0 Å². The number of fused-ring (bicyclic) bond motifs is 1. The van der Waals surface area contributed by atoms with E-state index in [1.54, 1.807) is 31.5 Å². The summed E-state index contributed by atoms with van der Waals surface area (Å²) in [5, 5.41) is 13.0. The molecule has 6 nitrogen and oxygen atoms in total. The molecule has 174 valence electrons. The zero-order chi connectivity index (χ0) is 24.1. The summed E-state index contributed by atoms with van der Waals surface area (Å²) in [4.78, 5) is 21.4. The summed E-state index contributed by atoms with van der Waals surface area (Å²) in [6, 6.07) is 18.8. The van der Waals surface area contributed by atoms with Crippen LogP contribution in [0.25, 0.3) is 10.2 Å². The molecular weight excluding hydrogens is 466 g/mol. The molecule has 3 aromatic carbocycles. The molecule has 0 fully saturated rings. The minimum atomic E-state index is -0.0638. The molecule has 34 heavy (non-hydrogen) atoms. The number of thiazole rings is 1. The van der Waals surface area contributed by atoms with Gasteiger partial charge in [-0.25, -0.2) is 4.98 Å². The van der Waals surface area contributed by atoms with E-state index in [-0.39, 0.29) is 17.4 Å². The number of benzene rings is 3. The number of aliphatic imine (C=N–C) groups is 1. The van der Waals surface area contributed by atoms with Gasteiger partial charge in [0.05, 0.1) is 28.8 Å². The SMILES string of the molecule is COc1ccc(C=Nc2ccc3nc(SCC(=O)Nc4ccc(C(C)C)cc4)sc3c2)c(O)c1. The molecule has 1 aromatic heterocycles. The predicted molar refractivity (Wildman–Crippen MR) is 141 cm³/mol. The van der Waals surface area contributed by atoms with Crippen LogP contribution in [-0.2, 0) is 4.79 Å². The monoisotopic (exact) mass is 491 g/mol. The molecule has 1 amide bonds. The van der Waals surface area contributed by atoms with Crippen LogP contribution >= 0.6 is 23.1 Å². The topological polar surface area (TPSA) is 83.8 Å². The first-order valence-corrected chi connectivity index (χ1v) is 12.6. The number of amides is 1. The molecule has 0 radical (unpaired) electrons. The normalized spacial score (nSPS) is 11.4. The van der Waals surface area contributed by atoms with E-state index in [0.29, 0.717) is 17.2 Å². The van der Waals surface area contributed by atoms with Crippen LogP contribution < -0.4 is 10.1 Å². The lowest BCUT2D eigenvalue weighted by molar-refractivity contribution is -0.113. The summed E-state index contributed by atoms with van der Waals surface area (Å²) in [5.41, 5.74) is 4.26. The van der Waals surface area contributed by atoms with Gasteiger partial charge in [-0.3, -0.25) is 9.79 Å². The Bertz CT molecular complexity index is 1330. The number of aromatic hydroxyl groups is 1. The standard InChI is InChI=1S/C26H25N3O3S2/c1-16(2)17-4-7-19(8-5-17)28-25(31)15-33-26-29-22-11-9-20(12-24(22)34-26)27-14-18-6-10-21(32-3)13-23(18)30/h4-14,16,30H,15H2,1-3H3,(H,28,31). The second-order valence-corrected chi connectivity index (χ2v) is 10.2. The Kier molecular flexibility index (Phi) is 7.49. The van der Waals surface area contributed by atoms with Gasteiger partial charge in [0.15, 0.2) is 4.34 Å². The summed E-state index contributed by atoms with van der Waals surface area (Å²) in [7, 11) is 1.55. The Balaban J connectivity index is 1.37. The van der Waals surface area contributed by atoms with Crippen molar-refractivity contribution in [3.8, 4) is 11.5 Å². The predicted octanol–water partition coefficient (Wildman–Crippen LogP) is 6.62. The van der Waals surface area contributed by atoms with Crippen molar-refractivity contribution in [2.45, 2.75) is 24.1 Å². The van der Waals surface area contributed by atoms with Gasteiger partial charge < -0.3 is 15.2 Å². The minimum Gasteiger partial charge on any atom is -0.507 e. The number of nitrogens with one attached hydrogen (secondary N) is 1. The molecule has 0 saturated heterocycles. The average molecular weight is 492 g/mol. The molecule has 0 aliphatic carbocycles. The van der Waals surface area contributed by atoms with E-state index in [1.165, 1.54) is 28.7 Å². The highest BCUT2D eigenvalue weighted by molar-refractivity contribution is 8.01. The number of carbonyl (C=O) groups is 1. The van der Waals surface area contributed by atoms with Gasteiger partial charge in [0.1, 0.15) is 11.5 Å². The lowest BCUT2D eigenvalue weighted by atomic mass is 10.0. The van der Waals surface area contributed by atoms with Crippen LogP contribution in [-0.4, -0.2) is 35.1 Å². The van der Waals surface area contributed by atoms with Gasteiger partial charge >= 0.3 is 0 Å². The van der Waals surface area contributed by atoms with E-state index >= 15 is 0 Å². The molecule has 0 atom stereocenters. The van der Waals surface area contributed by atoms with Gasteiger partial charge in [-0.05, 0) is 53.9 Å². The van der Waals surface area contributed by atoms with Crippen molar-refractivity contribution in [1.29, 1.82) is 0 Å². The molecule has 0 saturated carbocycles. The number of anilines is 1. The molecule has 0 bridgehead atoms. The summed E-state index contributed by atoms with van der Waals surface area (Å²) in [6.07, 6.45) is 1.62. The second-order valence-electron chi connectivity index (χ2n) is 7.93. The zero-order valence-electron chi connectivity index (χ0n) is 19.1. The molecule has 8 heteroatoms. The maximum absolute atomic E-state index is 12.4. The lowest BCUT2D eigenvalue weighted by Crippen LogP contribution is -2.13. The van der Waals surface area contributed by atoms with Crippen LogP contribution in [0.2, 0.25) is 0 Å². The highest BCUT2D eigenvalue weighted by Crippen LogP contribution is 2.32. The molecule has 0 unspecified atom stereocenters. The molecular formula is C26H25N3O3S2. The number of carbonyl (C=O) groups excluding carboxylic acids is 1. The first-order chi connectivity index (χ1) is 16.4. The summed E-state index contributed by atoms with van der Waals surface area (Å²) >= 11 is 2.94. The average Bonchev–Trinajstić information content (AvgIpc) is 3.24. The number of methoxy groups -OCH3 is 1. The number of phenolic OH excluding ortho intramolecular Hbond substituents is 1.